The van der Waals surface area contributed by atoms with E-state index in [1.807, 2.05) is 4.90 Å². The first-order valence-corrected chi connectivity index (χ1v) is 7.85. The Balaban J connectivity index is 2.13. The average molecular weight is 293 g/mol. The van der Waals surface area contributed by atoms with Gasteiger partial charge < -0.3 is 10.6 Å². The average Bonchev–Trinajstić information content (AvgIpc) is 2.77. The highest BCUT2D eigenvalue weighted by Gasteiger charge is 2.25. The number of hydrogen-bond acceptors (Lipinski definition) is 3. The third-order valence-corrected chi connectivity index (χ3v) is 4.08. The van der Waals surface area contributed by atoms with Gasteiger partial charge in [-0.3, -0.25) is 4.79 Å². The maximum absolute atomic E-state index is 13.0. The summed E-state index contributed by atoms with van der Waals surface area (Å²) in [4.78, 5) is 18.5. The Morgan fingerprint density at radius 2 is 2.00 bits per heavy atom. The number of rotatable bonds is 5. The molecule has 0 unspecified atom stereocenters. The van der Waals surface area contributed by atoms with Gasteiger partial charge in [-0.15, -0.1) is 0 Å². The molecule has 0 bridgehead atoms. The third kappa shape index (κ3) is 4.49. The highest BCUT2D eigenvalue weighted by atomic mass is 19.1. The fraction of sp³-hybridized carbons (Fsp3) is 0.625. The van der Waals surface area contributed by atoms with E-state index in [4.69, 9.17) is 5.73 Å². The van der Waals surface area contributed by atoms with Crippen molar-refractivity contribution in [3.05, 3.63) is 29.8 Å². The zero-order valence-corrected chi connectivity index (χ0v) is 12.4. The number of pyridine rings is 1. The Morgan fingerprint density at radius 1 is 1.29 bits per heavy atom. The van der Waals surface area contributed by atoms with Gasteiger partial charge in [0, 0.05) is 12.6 Å². The molecule has 0 spiro atoms. The van der Waals surface area contributed by atoms with Crippen LogP contribution < -0.4 is 5.73 Å². The lowest BCUT2D eigenvalue weighted by atomic mass is 10.1. The monoisotopic (exact) mass is 293 g/mol. The summed E-state index contributed by atoms with van der Waals surface area (Å²) < 4.78 is 13.0. The van der Waals surface area contributed by atoms with Crippen LogP contribution in [0.2, 0.25) is 0 Å². The number of nitrogens with two attached hydrogens (primary N) is 1. The van der Waals surface area contributed by atoms with Crippen molar-refractivity contribution < 1.29 is 9.18 Å². The van der Waals surface area contributed by atoms with Crippen molar-refractivity contribution in [3.8, 4) is 0 Å². The summed E-state index contributed by atoms with van der Waals surface area (Å²) >= 11 is 0. The lowest BCUT2D eigenvalue weighted by Crippen LogP contribution is -2.41. The van der Waals surface area contributed by atoms with Gasteiger partial charge in [0.1, 0.15) is 11.5 Å². The SMILES string of the molecule is NCCCN(C(=O)c1ccc(F)cn1)C1CCCCCC1. The number of halogens is 1. The van der Waals surface area contributed by atoms with Crippen LogP contribution in [0.25, 0.3) is 0 Å². The Kier molecular flexibility index (Phi) is 6.11. The summed E-state index contributed by atoms with van der Waals surface area (Å²) in [5.41, 5.74) is 5.91. The zero-order valence-electron chi connectivity index (χ0n) is 12.4. The minimum atomic E-state index is -0.422. The number of nitrogens with zero attached hydrogens (tertiary/aromatic N) is 2. The van der Waals surface area contributed by atoms with Gasteiger partial charge >= 0.3 is 0 Å². The summed E-state index contributed by atoms with van der Waals surface area (Å²) in [6, 6.07) is 3.01. The molecule has 1 aliphatic rings. The molecule has 0 atom stereocenters. The van der Waals surface area contributed by atoms with E-state index in [9.17, 15) is 9.18 Å². The van der Waals surface area contributed by atoms with E-state index in [1.165, 1.54) is 25.0 Å². The van der Waals surface area contributed by atoms with Gasteiger partial charge in [-0.2, -0.15) is 0 Å². The first kappa shape index (κ1) is 15.9. The van der Waals surface area contributed by atoms with E-state index in [0.29, 0.717) is 18.8 Å². The smallest absolute Gasteiger partial charge is 0.272 e. The Labute approximate surface area is 125 Å². The number of carbonyl (C=O) groups excluding carboxylic acids is 1. The molecular formula is C16H24FN3O. The third-order valence-electron chi connectivity index (χ3n) is 4.08. The molecule has 5 heteroatoms. The van der Waals surface area contributed by atoms with Crippen molar-refractivity contribution in [1.82, 2.24) is 9.88 Å². The van der Waals surface area contributed by atoms with Crippen LogP contribution in [0.1, 0.15) is 55.4 Å². The van der Waals surface area contributed by atoms with Crippen LogP contribution in [0.15, 0.2) is 18.3 Å². The number of amides is 1. The van der Waals surface area contributed by atoms with Crippen molar-refractivity contribution >= 4 is 5.91 Å². The predicted octanol–water partition coefficient (Wildman–Crippen LogP) is 2.73. The maximum Gasteiger partial charge on any atom is 0.272 e. The molecule has 1 fully saturated rings. The minimum absolute atomic E-state index is 0.102. The Bertz CT molecular complexity index is 441. The number of carbonyl (C=O) groups is 1. The lowest BCUT2D eigenvalue weighted by Gasteiger charge is -2.31. The standard InChI is InChI=1S/C16H24FN3O/c17-13-8-9-15(19-12-13)16(21)20(11-5-10-18)14-6-3-1-2-4-7-14/h8-9,12,14H,1-7,10-11,18H2. The van der Waals surface area contributed by atoms with Gasteiger partial charge in [0.2, 0.25) is 0 Å². The fourth-order valence-electron chi connectivity index (χ4n) is 2.93. The van der Waals surface area contributed by atoms with Crippen LogP contribution in [0.4, 0.5) is 4.39 Å². The first-order chi connectivity index (χ1) is 10.2. The number of hydrogen-bond donors (Lipinski definition) is 1. The second-order valence-corrected chi connectivity index (χ2v) is 5.65. The van der Waals surface area contributed by atoms with Crippen molar-refractivity contribution in [2.24, 2.45) is 5.73 Å². The minimum Gasteiger partial charge on any atom is -0.334 e. The predicted molar refractivity (Wildman–Crippen MR) is 80.4 cm³/mol. The second-order valence-electron chi connectivity index (χ2n) is 5.65. The molecule has 0 aliphatic heterocycles. The van der Waals surface area contributed by atoms with Gasteiger partial charge in [-0.25, -0.2) is 9.37 Å². The summed E-state index contributed by atoms with van der Waals surface area (Å²) in [5.74, 6) is -0.523. The van der Waals surface area contributed by atoms with E-state index in [0.717, 1.165) is 38.3 Å². The Hall–Kier alpha value is -1.49. The van der Waals surface area contributed by atoms with Gasteiger partial charge in [0.25, 0.3) is 5.91 Å². The highest BCUT2D eigenvalue weighted by Crippen LogP contribution is 2.23. The van der Waals surface area contributed by atoms with Crippen LogP contribution in [0.5, 0.6) is 0 Å². The van der Waals surface area contributed by atoms with E-state index >= 15 is 0 Å². The van der Waals surface area contributed by atoms with Crippen molar-refractivity contribution in [2.45, 2.75) is 51.0 Å². The summed E-state index contributed by atoms with van der Waals surface area (Å²) in [7, 11) is 0. The largest absolute Gasteiger partial charge is 0.334 e. The zero-order chi connectivity index (χ0) is 15.1. The normalized spacial score (nSPS) is 16.5. The Morgan fingerprint density at radius 3 is 2.57 bits per heavy atom. The van der Waals surface area contributed by atoms with Crippen LogP contribution >= 0.6 is 0 Å². The maximum atomic E-state index is 13.0. The molecule has 0 radical (unpaired) electrons. The van der Waals surface area contributed by atoms with Crippen LogP contribution in [-0.4, -0.2) is 34.9 Å². The molecule has 1 amide bonds. The molecule has 2 rings (SSSR count). The molecule has 0 aromatic carbocycles. The van der Waals surface area contributed by atoms with E-state index in [2.05, 4.69) is 4.98 Å². The highest BCUT2D eigenvalue weighted by molar-refractivity contribution is 5.92. The van der Waals surface area contributed by atoms with Gasteiger partial charge in [-0.05, 0) is 37.9 Å². The molecule has 1 aromatic heterocycles. The van der Waals surface area contributed by atoms with E-state index in [-0.39, 0.29) is 11.9 Å². The number of aromatic nitrogens is 1. The van der Waals surface area contributed by atoms with Crippen LogP contribution in [-0.2, 0) is 0 Å². The summed E-state index contributed by atoms with van der Waals surface area (Å²) in [6.45, 7) is 1.21. The summed E-state index contributed by atoms with van der Waals surface area (Å²) in [6.07, 6.45) is 8.76. The second kappa shape index (κ2) is 8.08. The topological polar surface area (TPSA) is 59.2 Å². The quantitative estimate of drug-likeness (QED) is 0.849. The van der Waals surface area contributed by atoms with Crippen LogP contribution in [0, 0.1) is 5.82 Å². The first-order valence-electron chi connectivity index (χ1n) is 7.85. The molecule has 2 N–H and O–H groups in total. The molecular weight excluding hydrogens is 269 g/mol. The molecule has 1 saturated carbocycles. The lowest BCUT2D eigenvalue weighted by molar-refractivity contribution is 0.0652. The van der Waals surface area contributed by atoms with E-state index < -0.39 is 5.82 Å². The van der Waals surface area contributed by atoms with E-state index in [1.54, 1.807) is 0 Å². The molecule has 116 valence electrons. The van der Waals surface area contributed by atoms with Crippen molar-refractivity contribution in [3.63, 3.8) is 0 Å². The van der Waals surface area contributed by atoms with Gasteiger partial charge in [0.15, 0.2) is 0 Å². The molecule has 1 aromatic rings. The molecule has 0 saturated heterocycles. The summed E-state index contributed by atoms with van der Waals surface area (Å²) in [5, 5.41) is 0. The van der Waals surface area contributed by atoms with Crippen molar-refractivity contribution in [2.75, 3.05) is 13.1 Å². The van der Waals surface area contributed by atoms with Gasteiger partial charge in [0.05, 0.1) is 6.20 Å². The molecule has 1 aliphatic carbocycles. The fourth-order valence-corrected chi connectivity index (χ4v) is 2.93. The molecule has 1 heterocycles. The van der Waals surface area contributed by atoms with Crippen LogP contribution in [0.3, 0.4) is 0 Å². The van der Waals surface area contributed by atoms with Crippen molar-refractivity contribution in [1.29, 1.82) is 0 Å². The molecule has 21 heavy (non-hydrogen) atoms. The van der Waals surface area contributed by atoms with Gasteiger partial charge in [-0.1, -0.05) is 25.7 Å². The molecule has 4 nitrogen and oxygen atoms in total.